The summed E-state index contributed by atoms with van der Waals surface area (Å²) in [6.07, 6.45) is 10.7. The maximum Gasteiger partial charge on any atom is 0.129 e. The molecular formula is C43H34N8RuSi. The van der Waals surface area contributed by atoms with Crippen molar-refractivity contribution in [3.05, 3.63) is 158 Å². The van der Waals surface area contributed by atoms with Crippen LogP contribution in [0.1, 0.15) is 5.56 Å². The first kappa shape index (κ1) is 36.6. The summed E-state index contributed by atoms with van der Waals surface area (Å²) in [6, 6.07) is 37.2. The van der Waals surface area contributed by atoms with Gasteiger partial charge < -0.3 is 0 Å². The van der Waals surface area contributed by atoms with Crippen LogP contribution in [0, 0.1) is 11.5 Å². The van der Waals surface area contributed by atoms with Gasteiger partial charge in [0.15, 0.2) is 0 Å². The third-order valence-corrected chi connectivity index (χ3v) is 8.66. The van der Waals surface area contributed by atoms with Crippen LogP contribution in [0.4, 0.5) is 0 Å². The van der Waals surface area contributed by atoms with E-state index >= 15 is 0 Å². The van der Waals surface area contributed by atoms with Crippen LogP contribution in [0.25, 0.3) is 66.6 Å². The molecule has 0 N–H and O–H groups in total. The standard InChI is InChI=1S/C23H18N4Si.2C10H8N2.Ru/c1-28(2,3)13-10-15-8-9-18-19(14-15)27-23-17-7-5-12-25-21(17)20-16(22(23)26-18)6-4-11-24-20;2*1-3-7-11-9(5-1)10-6-2-4-8-12-10;/h4-9,11-12,14H,1-3H3;2*1-8H;. The number of nitrogens with zero attached hydrogens (tertiary/aromatic N) is 8. The smallest absolute Gasteiger partial charge is 0.129 e. The molecule has 0 aliphatic carbocycles. The SMILES string of the molecule is C[Si](C)(C)C#Cc1ccc2nc3c4cccnc4c4ncccc4c3nc2c1.[Ru].c1ccc(-c2ccccn2)nc1.c1ccc(-c2ccccn2)nc1. The summed E-state index contributed by atoms with van der Waals surface area (Å²) in [5, 5.41) is 1.94. The van der Waals surface area contributed by atoms with E-state index in [1.165, 1.54) is 0 Å². The van der Waals surface area contributed by atoms with Gasteiger partial charge in [0.05, 0.1) is 55.9 Å². The molecule has 0 radical (unpaired) electrons. The Morgan fingerprint density at radius 3 is 1.23 bits per heavy atom. The van der Waals surface area contributed by atoms with Crippen LogP contribution in [0.3, 0.4) is 0 Å². The van der Waals surface area contributed by atoms with Gasteiger partial charge >= 0.3 is 0 Å². The summed E-state index contributed by atoms with van der Waals surface area (Å²) >= 11 is 0. The van der Waals surface area contributed by atoms with Crippen LogP contribution < -0.4 is 0 Å². The molecule has 0 atom stereocenters. The number of rotatable bonds is 2. The Labute approximate surface area is 321 Å². The minimum Gasteiger partial charge on any atom is -0.255 e. The predicted molar refractivity (Wildman–Crippen MR) is 213 cm³/mol. The van der Waals surface area contributed by atoms with Crippen molar-refractivity contribution in [2.24, 2.45) is 0 Å². The number of pyridine rings is 6. The fourth-order valence-electron chi connectivity index (χ4n) is 5.39. The minimum atomic E-state index is -1.43. The molecule has 2 aromatic carbocycles. The van der Waals surface area contributed by atoms with E-state index in [9.17, 15) is 0 Å². The van der Waals surface area contributed by atoms with Gasteiger partial charge in [-0.05, 0) is 91.0 Å². The van der Waals surface area contributed by atoms with Gasteiger partial charge in [-0.25, -0.2) is 9.97 Å². The second-order valence-electron chi connectivity index (χ2n) is 12.8. The van der Waals surface area contributed by atoms with Gasteiger partial charge in [0.2, 0.25) is 0 Å². The van der Waals surface area contributed by atoms with Gasteiger partial charge in [-0.15, -0.1) is 5.54 Å². The first-order valence-corrected chi connectivity index (χ1v) is 20.3. The van der Waals surface area contributed by atoms with Gasteiger partial charge in [-0.3, -0.25) is 29.9 Å². The number of hydrogen-bond donors (Lipinski definition) is 0. The predicted octanol–water partition coefficient (Wildman–Crippen LogP) is 9.39. The van der Waals surface area contributed by atoms with Crippen LogP contribution >= 0.6 is 0 Å². The molecule has 0 amide bonds. The molecule has 0 spiro atoms. The Bertz CT molecular complexity index is 2520. The van der Waals surface area contributed by atoms with Crippen molar-refractivity contribution in [1.29, 1.82) is 0 Å². The molecule has 9 rings (SSSR count). The quantitative estimate of drug-likeness (QED) is 0.0739. The van der Waals surface area contributed by atoms with E-state index in [1.54, 1.807) is 37.2 Å². The molecule has 0 saturated carbocycles. The molecule has 9 aromatic rings. The van der Waals surface area contributed by atoms with Gasteiger partial charge in [-0.1, -0.05) is 49.8 Å². The third-order valence-electron chi connectivity index (χ3n) is 7.78. The van der Waals surface area contributed by atoms with Crippen molar-refractivity contribution in [2.45, 2.75) is 19.6 Å². The van der Waals surface area contributed by atoms with E-state index in [0.717, 1.165) is 72.2 Å². The normalized spacial score (nSPS) is 10.6. The molecule has 0 saturated heterocycles. The summed E-state index contributed by atoms with van der Waals surface area (Å²) in [4.78, 5) is 35.8. The zero-order valence-electron chi connectivity index (χ0n) is 29.4. The van der Waals surface area contributed by atoms with Crippen molar-refractivity contribution in [2.75, 3.05) is 0 Å². The molecule has 0 unspecified atom stereocenters. The maximum absolute atomic E-state index is 4.97. The van der Waals surface area contributed by atoms with E-state index in [0.29, 0.717) is 0 Å². The van der Waals surface area contributed by atoms with E-state index in [1.807, 2.05) is 115 Å². The minimum absolute atomic E-state index is 0. The molecule has 0 bridgehead atoms. The van der Waals surface area contributed by atoms with Gasteiger partial charge in [0.1, 0.15) is 8.07 Å². The maximum atomic E-state index is 4.97. The number of benzene rings is 2. The van der Waals surface area contributed by atoms with E-state index in [2.05, 4.69) is 61.0 Å². The zero-order chi connectivity index (χ0) is 35.8. The second-order valence-corrected chi connectivity index (χ2v) is 17.5. The topological polar surface area (TPSA) is 103 Å². The Morgan fingerprint density at radius 2 is 0.830 bits per heavy atom. The third kappa shape index (κ3) is 9.03. The summed E-state index contributed by atoms with van der Waals surface area (Å²) < 4.78 is 0. The molecule has 7 heterocycles. The summed E-state index contributed by atoms with van der Waals surface area (Å²) in [5.41, 5.74) is 13.2. The zero-order valence-corrected chi connectivity index (χ0v) is 32.1. The molecular weight excluding hydrogens is 758 g/mol. The van der Waals surface area contributed by atoms with E-state index in [-0.39, 0.29) is 19.5 Å². The number of fused-ring (bicyclic) bond motifs is 7. The fraction of sp³-hybridized carbons (Fsp3) is 0.0698. The largest absolute Gasteiger partial charge is 0.255 e. The fourth-order valence-corrected chi connectivity index (χ4v) is 5.91. The Kier molecular flexibility index (Phi) is 11.7. The van der Waals surface area contributed by atoms with Crippen molar-refractivity contribution < 1.29 is 19.5 Å². The molecule has 0 aliphatic rings. The Morgan fingerprint density at radius 1 is 0.415 bits per heavy atom. The molecule has 258 valence electrons. The van der Waals surface area contributed by atoms with Crippen LogP contribution in [-0.2, 0) is 19.5 Å². The van der Waals surface area contributed by atoms with Crippen LogP contribution in [0.2, 0.25) is 19.6 Å². The van der Waals surface area contributed by atoms with Crippen LogP contribution in [-0.4, -0.2) is 47.9 Å². The van der Waals surface area contributed by atoms with Gasteiger partial charge in [0, 0.05) is 73.0 Å². The average Bonchev–Trinajstić information content (AvgIpc) is 3.21. The number of aromatic nitrogens is 8. The first-order valence-electron chi connectivity index (χ1n) is 16.8. The molecule has 53 heavy (non-hydrogen) atoms. The average molecular weight is 792 g/mol. The van der Waals surface area contributed by atoms with Crippen molar-refractivity contribution in [1.82, 2.24) is 39.9 Å². The Balaban J connectivity index is 0.000000159. The van der Waals surface area contributed by atoms with Gasteiger partial charge in [0.25, 0.3) is 0 Å². The number of hydrogen-bond acceptors (Lipinski definition) is 8. The molecule has 8 nitrogen and oxygen atoms in total. The summed E-state index contributed by atoms with van der Waals surface area (Å²) in [6.45, 7) is 6.73. The molecule has 0 fully saturated rings. The first-order chi connectivity index (χ1) is 25.4. The van der Waals surface area contributed by atoms with Gasteiger partial charge in [-0.2, -0.15) is 0 Å². The van der Waals surface area contributed by atoms with E-state index in [4.69, 9.17) is 9.97 Å². The van der Waals surface area contributed by atoms with E-state index < -0.39 is 8.07 Å². The molecule has 0 aliphatic heterocycles. The monoisotopic (exact) mass is 792 g/mol. The summed E-state index contributed by atoms with van der Waals surface area (Å²) in [7, 11) is -1.43. The Hall–Kier alpha value is -6.14. The van der Waals surface area contributed by atoms with Crippen molar-refractivity contribution >= 4 is 51.9 Å². The second kappa shape index (κ2) is 16.9. The van der Waals surface area contributed by atoms with Crippen LogP contribution in [0.5, 0.6) is 0 Å². The van der Waals surface area contributed by atoms with Crippen molar-refractivity contribution in [3.63, 3.8) is 0 Å². The molecule has 10 heteroatoms. The van der Waals surface area contributed by atoms with Crippen molar-refractivity contribution in [3.8, 4) is 34.2 Å². The molecule has 7 aromatic heterocycles. The van der Waals surface area contributed by atoms with Crippen LogP contribution in [0.15, 0.2) is 152 Å². The summed E-state index contributed by atoms with van der Waals surface area (Å²) in [5.74, 6) is 3.31.